The molecule has 2 fully saturated rings. The van der Waals surface area contributed by atoms with E-state index in [9.17, 15) is 4.79 Å². The lowest BCUT2D eigenvalue weighted by Gasteiger charge is -2.58. The van der Waals surface area contributed by atoms with Gasteiger partial charge in [-0.05, 0) is 26.7 Å². The lowest BCUT2D eigenvalue weighted by molar-refractivity contribution is -0.172. The first kappa shape index (κ1) is 15.7. The quantitative estimate of drug-likeness (QED) is 0.813. The Kier molecular flexibility index (Phi) is 4.15. The van der Waals surface area contributed by atoms with Crippen molar-refractivity contribution < 1.29 is 14.3 Å². The smallest absolute Gasteiger partial charge is 0.241 e. The largest absolute Gasteiger partial charge is 0.381 e. The highest BCUT2D eigenvalue weighted by Gasteiger charge is 2.63. The molecule has 1 aliphatic carbocycles. The first-order valence-corrected chi connectivity index (χ1v) is 7.56. The number of ether oxygens (including phenoxy) is 2. The average Bonchev–Trinajstić information content (AvgIpc) is 2.38. The molecule has 116 valence electrons. The molecule has 0 radical (unpaired) electrons. The number of amides is 1. The summed E-state index contributed by atoms with van der Waals surface area (Å²) in [6.07, 6.45) is 2.33. The Morgan fingerprint density at radius 1 is 1.35 bits per heavy atom. The molecular formula is C15H28N2O3. The lowest BCUT2D eigenvalue weighted by Crippen LogP contribution is -2.77. The summed E-state index contributed by atoms with van der Waals surface area (Å²) in [7, 11) is 0. The van der Waals surface area contributed by atoms with Crippen molar-refractivity contribution in [3.8, 4) is 0 Å². The van der Waals surface area contributed by atoms with Crippen LogP contribution in [-0.4, -0.2) is 42.9 Å². The minimum Gasteiger partial charge on any atom is -0.381 e. The van der Waals surface area contributed by atoms with Gasteiger partial charge in [-0.3, -0.25) is 4.79 Å². The van der Waals surface area contributed by atoms with Crippen LogP contribution in [0.1, 0.15) is 47.0 Å². The van der Waals surface area contributed by atoms with Gasteiger partial charge in [-0.2, -0.15) is 0 Å². The third kappa shape index (κ3) is 2.47. The van der Waals surface area contributed by atoms with Gasteiger partial charge in [0, 0.05) is 37.2 Å². The van der Waals surface area contributed by atoms with Crippen LogP contribution in [0.4, 0.5) is 0 Å². The second kappa shape index (κ2) is 5.28. The second-order valence-electron chi connectivity index (χ2n) is 6.97. The predicted molar refractivity (Wildman–Crippen MR) is 77.3 cm³/mol. The molecule has 1 saturated carbocycles. The highest BCUT2D eigenvalue weighted by molar-refractivity contribution is 5.89. The monoisotopic (exact) mass is 284 g/mol. The van der Waals surface area contributed by atoms with E-state index >= 15 is 0 Å². The van der Waals surface area contributed by atoms with E-state index in [-0.39, 0.29) is 23.0 Å². The Morgan fingerprint density at radius 3 is 2.45 bits per heavy atom. The number of rotatable bonds is 4. The van der Waals surface area contributed by atoms with Gasteiger partial charge in [0.1, 0.15) is 5.54 Å². The van der Waals surface area contributed by atoms with Crippen LogP contribution in [0.2, 0.25) is 0 Å². The van der Waals surface area contributed by atoms with E-state index in [1.807, 2.05) is 20.8 Å². The molecule has 1 heterocycles. The van der Waals surface area contributed by atoms with E-state index in [1.165, 1.54) is 0 Å². The zero-order valence-corrected chi connectivity index (χ0v) is 13.1. The summed E-state index contributed by atoms with van der Waals surface area (Å²) in [6, 6.07) is 0. The van der Waals surface area contributed by atoms with Crippen molar-refractivity contribution in [3.05, 3.63) is 0 Å². The van der Waals surface area contributed by atoms with Crippen LogP contribution in [0, 0.1) is 5.41 Å². The number of carbonyl (C=O) groups excluding carboxylic acids is 1. The highest BCUT2D eigenvalue weighted by Crippen LogP contribution is 2.50. The lowest BCUT2D eigenvalue weighted by atomic mass is 9.54. The Labute approximate surface area is 121 Å². The minimum absolute atomic E-state index is 0.0529. The molecular weight excluding hydrogens is 256 g/mol. The van der Waals surface area contributed by atoms with Gasteiger partial charge in [0.2, 0.25) is 5.91 Å². The molecule has 0 spiro atoms. The van der Waals surface area contributed by atoms with Gasteiger partial charge < -0.3 is 20.5 Å². The van der Waals surface area contributed by atoms with Crippen molar-refractivity contribution >= 4 is 5.91 Å². The molecule has 3 N–H and O–H groups in total. The molecule has 2 unspecified atom stereocenters. The van der Waals surface area contributed by atoms with Crippen molar-refractivity contribution in [1.29, 1.82) is 0 Å². The molecule has 2 atom stereocenters. The molecule has 0 aromatic rings. The van der Waals surface area contributed by atoms with Crippen LogP contribution >= 0.6 is 0 Å². The first-order chi connectivity index (χ1) is 9.25. The normalized spacial score (nSPS) is 35.1. The van der Waals surface area contributed by atoms with Gasteiger partial charge in [0.05, 0.1) is 6.10 Å². The van der Waals surface area contributed by atoms with Gasteiger partial charge in [-0.1, -0.05) is 13.8 Å². The molecule has 20 heavy (non-hydrogen) atoms. The fourth-order valence-corrected chi connectivity index (χ4v) is 3.15. The number of carbonyl (C=O) groups is 1. The topological polar surface area (TPSA) is 73.6 Å². The van der Waals surface area contributed by atoms with Crippen LogP contribution in [0.5, 0.6) is 0 Å². The minimum atomic E-state index is -0.839. The maximum absolute atomic E-state index is 12.7. The van der Waals surface area contributed by atoms with Crippen LogP contribution in [0.25, 0.3) is 0 Å². The van der Waals surface area contributed by atoms with E-state index in [4.69, 9.17) is 15.2 Å². The molecule has 0 bridgehead atoms. The Bertz CT molecular complexity index is 377. The van der Waals surface area contributed by atoms with Gasteiger partial charge >= 0.3 is 0 Å². The number of nitrogens with one attached hydrogen (secondary N) is 1. The zero-order chi connectivity index (χ0) is 15.0. The standard InChI is InChI=1S/C15H28N2O3/c1-5-20-11-10-15(16,13(11,2)3)12(18)17-14(4)6-8-19-9-7-14/h11H,5-10,16H2,1-4H3,(H,17,18). The molecule has 1 aliphatic heterocycles. The summed E-state index contributed by atoms with van der Waals surface area (Å²) in [4.78, 5) is 12.7. The Balaban J connectivity index is 2.02. The Hall–Kier alpha value is -0.650. The summed E-state index contributed by atoms with van der Waals surface area (Å²) in [6.45, 7) is 10.1. The highest BCUT2D eigenvalue weighted by atomic mass is 16.5. The SMILES string of the molecule is CCOC1CC(N)(C(=O)NC2(C)CCOCC2)C1(C)C. The summed E-state index contributed by atoms with van der Waals surface area (Å²) in [5, 5.41) is 3.16. The predicted octanol–water partition coefficient (Wildman–Crippen LogP) is 1.20. The summed E-state index contributed by atoms with van der Waals surface area (Å²) < 4.78 is 11.0. The maximum atomic E-state index is 12.7. The summed E-state index contributed by atoms with van der Waals surface area (Å²) >= 11 is 0. The number of hydrogen-bond donors (Lipinski definition) is 2. The number of hydrogen-bond acceptors (Lipinski definition) is 4. The fraction of sp³-hybridized carbons (Fsp3) is 0.933. The molecule has 2 rings (SSSR count). The van der Waals surface area contributed by atoms with E-state index in [1.54, 1.807) is 0 Å². The van der Waals surface area contributed by atoms with Crippen LogP contribution in [-0.2, 0) is 14.3 Å². The third-order valence-electron chi connectivity index (χ3n) is 5.25. The van der Waals surface area contributed by atoms with Crippen LogP contribution in [0.3, 0.4) is 0 Å². The second-order valence-corrected chi connectivity index (χ2v) is 6.97. The molecule has 1 amide bonds. The zero-order valence-electron chi connectivity index (χ0n) is 13.1. The average molecular weight is 284 g/mol. The molecule has 5 nitrogen and oxygen atoms in total. The van der Waals surface area contributed by atoms with Crippen LogP contribution in [0.15, 0.2) is 0 Å². The Morgan fingerprint density at radius 2 is 1.95 bits per heavy atom. The molecule has 5 heteroatoms. The third-order valence-corrected chi connectivity index (χ3v) is 5.25. The van der Waals surface area contributed by atoms with E-state index in [2.05, 4.69) is 12.2 Å². The van der Waals surface area contributed by atoms with Crippen molar-refractivity contribution in [3.63, 3.8) is 0 Å². The maximum Gasteiger partial charge on any atom is 0.241 e. The summed E-state index contributed by atoms with van der Waals surface area (Å²) in [5.41, 5.74) is 5.02. The molecule has 0 aromatic carbocycles. The van der Waals surface area contributed by atoms with Crippen LogP contribution < -0.4 is 11.1 Å². The van der Waals surface area contributed by atoms with Gasteiger partial charge in [-0.15, -0.1) is 0 Å². The van der Waals surface area contributed by atoms with Crippen molar-refractivity contribution in [1.82, 2.24) is 5.32 Å². The molecule has 1 saturated heterocycles. The van der Waals surface area contributed by atoms with Crippen molar-refractivity contribution in [2.24, 2.45) is 11.1 Å². The van der Waals surface area contributed by atoms with Gasteiger partial charge in [-0.25, -0.2) is 0 Å². The number of nitrogens with two attached hydrogens (primary N) is 1. The van der Waals surface area contributed by atoms with Gasteiger partial charge in [0.25, 0.3) is 0 Å². The fourth-order valence-electron chi connectivity index (χ4n) is 3.15. The molecule has 0 aromatic heterocycles. The van der Waals surface area contributed by atoms with Crippen molar-refractivity contribution in [2.45, 2.75) is 64.1 Å². The van der Waals surface area contributed by atoms with Gasteiger partial charge in [0.15, 0.2) is 0 Å². The van der Waals surface area contributed by atoms with Crippen molar-refractivity contribution in [2.75, 3.05) is 19.8 Å². The van der Waals surface area contributed by atoms with E-state index < -0.39 is 5.54 Å². The first-order valence-electron chi connectivity index (χ1n) is 7.56. The molecule has 2 aliphatic rings. The van der Waals surface area contributed by atoms with E-state index in [0.29, 0.717) is 26.2 Å². The van der Waals surface area contributed by atoms with E-state index in [0.717, 1.165) is 12.8 Å². The summed E-state index contributed by atoms with van der Waals surface area (Å²) in [5.74, 6) is -0.0529.